The minimum atomic E-state index is -0.788. The second kappa shape index (κ2) is 7.05. The molecule has 3 nitrogen and oxygen atoms in total. The molecule has 1 saturated heterocycles. The van der Waals surface area contributed by atoms with Crippen molar-refractivity contribution in [3.8, 4) is 0 Å². The summed E-state index contributed by atoms with van der Waals surface area (Å²) in [5.74, 6) is -0.788. The molecule has 1 atom stereocenters. The summed E-state index contributed by atoms with van der Waals surface area (Å²) in [5, 5.41) is 3.15. The van der Waals surface area contributed by atoms with Crippen LogP contribution in [0, 0.1) is 0 Å². The zero-order valence-corrected chi connectivity index (χ0v) is 12.8. The summed E-state index contributed by atoms with van der Waals surface area (Å²) in [6.07, 6.45) is 0.0559. The molecule has 1 aliphatic rings. The first-order valence-electron chi connectivity index (χ1n) is 6.92. The number of halogens is 1. The molecular weight excluding hydrogens is 286 g/mol. The van der Waals surface area contributed by atoms with Crippen LogP contribution in [0.1, 0.15) is 11.1 Å². The molecule has 0 saturated carbocycles. The van der Waals surface area contributed by atoms with Crippen LogP contribution in [-0.4, -0.2) is 26.3 Å². The highest BCUT2D eigenvalue weighted by molar-refractivity contribution is 5.85. The molecule has 21 heavy (non-hydrogen) atoms. The fourth-order valence-electron chi connectivity index (χ4n) is 2.63. The number of ether oxygens (including phenoxy) is 2. The Hall–Kier alpha value is -1.39. The third kappa shape index (κ3) is 3.11. The maximum Gasteiger partial charge on any atom is 0.222 e. The van der Waals surface area contributed by atoms with Crippen molar-refractivity contribution in [1.29, 1.82) is 0 Å². The Balaban J connectivity index is 0.00000161. The zero-order valence-electron chi connectivity index (χ0n) is 12.0. The molecule has 3 rings (SSSR count). The smallest absolute Gasteiger partial charge is 0.222 e. The number of likely N-dealkylation sites (N-methyl/N-ethyl adjacent to an activating group) is 1. The lowest BCUT2D eigenvalue weighted by Crippen LogP contribution is -2.32. The third-order valence-corrected chi connectivity index (χ3v) is 3.54. The second-order valence-electron chi connectivity index (χ2n) is 4.96. The molecule has 1 N–H and O–H groups in total. The first-order chi connectivity index (χ1) is 9.85. The Bertz CT molecular complexity index is 508. The van der Waals surface area contributed by atoms with Crippen molar-refractivity contribution in [2.75, 3.05) is 20.2 Å². The van der Waals surface area contributed by atoms with Gasteiger partial charge < -0.3 is 14.8 Å². The Morgan fingerprint density at radius 1 is 1.00 bits per heavy atom. The molecule has 1 aliphatic heterocycles. The van der Waals surface area contributed by atoms with Gasteiger partial charge >= 0.3 is 0 Å². The van der Waals surface area contributed by atoms with Gasteiger partial charge in [-0.3, -0.25) is 0 Å². The van der Waals surface area contributed by atoms with Crippen LogP contribution in [0.25, 0.3) is 0 Å². The largest absolute Gasteiger partial charge is 0.339 e. The fraction of sp³-hybridized carbons (Fsp3) is 0.294. The van der Waals surface area contributed by atoms with Crippen molar-refractivity contribution in [3.63, 3.8) is 0 Å². The number of hydrogen-bond donors (Lipinski definition) is 1. The van der Waals surface area contributed by atoms with Crippen LogP contribution in [-0.2, 0) is 15.3 Å². The quantitative estimate of drug-likeness (QED) is 0.942. The van der Waals surface area contributed by atoms with E-state index in [0.29, 0.717) is 6.61 Å². The lowest BCUT2D eigenvalue weighted by atomic mass is 9.97. The van der Waals surface area contributed by atoms with Gasteiger partial charge in [0.05, 0.1) is 12.7 Å². The first-order valence-corrected chi connectivity index (χ1v) is 6.92. The highest BCUT2D eigenvalue weighted by Gasteiger charge is 2.44. The molecule has 112 valence electrons. The summed E-state index contributed by atoms with van der Waals surface area (Å²) in [7, 11) is 1.92. The van der Waals surface area contributed by atoms with Gasteiger partial charge in [-0.1, -0.05) is 60.7 Å². The van der Waals surface area contributed by atoms with Crippen LogP contribution in [0.2, 0.25) is 0 Å². The molecule has 0 spiro atoms. The normalized spacial score (nSPS) is 20.0. The molecule has 4 heteroatoms. The molecule has 0 bridgehead atoms. The molecule has 2 aromatic carbocycles. The van der Waals surface area contributed by atoms with Crippen molar-refractivity contribution in [3.05, 3.63) is 71.8 Å². The van der Waals surface area contributed by atoms with E-state index in [1.807, 2.05) is 43.4 Å². The van der Waals surface area contributed by atoms with E-state index < -0.39 is 5.79 Å². The SMILES string of the molecule is CNCC1COC(c2ccccc2)(c2ccccc2)O1.Cl. The van der Waals surface area contributed by atoms with Gasteiger partial charge in [-0.05, 0) is 7.05 Å². The van der Waals surface area contributed by atoms with E-state index in [-0.39, 0.29) is 18.5 Å². The minimum Gasteiger partial charge on any atom is -0.339 e. The van der Waals surface area contributed by atoms with Gasteiger partial charge in [-0.2, -0.15) is 0 Å². The van der Waals surface area contributed by atoms with Crippen molar-refractivity contribution >= 4 is 12.4 Å². The Morgan fingerprint density at radius 3 is 2.00 bits per heavy atom. The van der Waals surface area contributed by atoms with Crippen LogP contribution in [0.3, 0.4) is 0 Å². The van der Waals surface area contributed by atoms with Crippen LogP contribution >= 0.6 is 12.4 Å². The molecule has 2 aromatic rings. The second-order valence-corrected chi connectivity index (χ2v) is 4.96. The average Bonchev–Trinajstić information content (AvgIpc) is 2.95. The molecule has 1 fully saturated rings. The van der Waals surface area contributed by atoms with Crippen molar-refractivity contribution in [1.82, 2.24) is 5.32 Å². The Kier molecular flexibility index (Phi) is 5.37. The molecule has 0 radical (unpaired) electrons. The summed E-state index contributed by atoms with van der Waals surface area (Å²) >= 11 is 0. The minimum absolute atomic E-state index is 0. The lowest BCUT2D eigenvalue weighted by Gasteiger charge is -2.29. The zero-order chi connectivity index (χ0) is 13.8. The third-order valence-electron chi connectivity index (χ3n) is 3.54. The summed E-state index contributed by atoms with van der Waals surface area (Å²) in [6, 6.07) is 20.3. The number of nitrogens with one attached hydrogen (secondary N) is 1. The van der Waals surface area contributed by atoms with Crippen LogP contribution < -0.4 is 5.32 Å². The first kappa shape index (κ1) is 16.0. The van der Waals surface area contributed by atoms with E-state index in [1.54, 1.807) is 0 Å². The Morgan fingerprint density at radius 2 is 1.52 bits per heavy atom. The van der Waals surface area contributed by atoms with Gasteiger partial charge in [0.15, 0.2) is 0 Å². The summed E-state index contributed by atoms with van der Waals surface area (Å²) < 4.78 is 12.4. The average molecular weight is 306 g/mol. The van der Waals surface area contributed by atoms with Gasteiger partial charge in [-0.25, -0.2) is 0 Å². The number of rotatable bonds is 4. The van der Waals surface area contributed by atoms with E-state index in [0.717, 1.165) is 17.7 Å². The van der Waals surface area contributed by atoms with Gasteiger partial charge in [0, 0.05) is 17.7 Å². The van der Waals surface area contributed by atoms with Crippen LogP contribution in [0.15, 0.2) is 60.7 Å². The number of benzene rings is 2. The highest BCUT2D eigenvalue weighted by atomic mass is 35.5. The molecule has 1 heterocycles. The fourth-order valence-corrected chi connectivity index (χ4v) is 2.63. The number of hydrogen-bond acceptors (Lipinski definition) is 3. The van der Waals surface area contributed by atoms with Crippen molar-refractivity contribution in [2.24, 2.45) is 0 Å². The molecule has 1 unspecified atom stereocenters. The summed E-state index contributed by atoms with van der Waals surface area (Å²) in [5.41, 5.74) is 2.06. The van der Waals surface area contributed by atoms with Gasteiger partial charge in [0.1, 0.15) is 0 Å². The van der Waals surface area contributed by atoms with Crippen molar-refractivity contribution in [2.45, 2.75) is 11.9 Å². The summed E-state index contributed by atoms with van der Waals surface area (Å²) in [4.78, 5) is 0. The maximum absolute atomic E-state index is 6.28. The maximum atomic E-state index is 6.28. The molecular formula is C17H20ClNO2. The molecule has 0 aliphatic carbocycles. The predicted octanol–water partition coefficient (Wildman–Crippen LogP) is 2.94. The Labute approximate surface area is 131 Å². The van der Waals surface area contributed by atoms with Crippen molar-refractivity contribution < 1.29 is 9.47 Å². The van der Waals surface area contributed by atoms with E-state index in [2.05, 4.69) is 29.6 Å². The lowest BCUT2D eigenvalue weighted by molar-refractivity contribution is -0.142. The molecule has 0 aromatic heterocycles. The summed E-state index contributed by atoms with van der Waals surface area (Å²) in [6.45, 7) is 1.37. The van der Waals surface area contributed by atoms with Gasteiger partial charge in [0.25, 0.3) is 0 Å². The molecule has 0 amide bonds. The van der Waals surface area contributed by atoms with E-state index in [4.69, 9.17) is 9.47 Å². The van der Waals surface area contributed by atoms with Gasteiger partial charge in [0.2, 0.25) is 5.79 Å². The van der Waals surface area contributed by atoms with E-state index >= 15 is 0 Å². The van der Waals surface area contributed by atoms with Gasteiger partial charge in [-0.15, -0.1) is 12.4 Å². The van der Waals surface area contributed by atoms with Crippen LogP contribution in [0.4, 0.5) is 0 Å². The standard InChI is InChI=1S/C17H19NO2.ClH/c1-18-12-16-13-19-17(20-16,14-8-4-2-5-9-14)15-10-6-3-7-11-15;/h2-11,16,18H,12-13H2,1H3;1H. The monoisotopic (exact) mass is 305 g/mol. The highest BCUT2D eigenvalue weighted by Crippen LogP contribution is 2.40. The van der Waals surface area contributed by atoms with Crippen LogP contribution in [0.5, 0.6) is 0 Å². The predicted molar refractivity (Wildman–Crippen MR) is 85.7 cm³/mol. The van der Waals surface area contributed by atoms with E-state index in [9.17, 15) is 0 Å². The topological polar surface area (TPSA) is 30.5 Å². The van der Waals surface area contributed by atoms with E-state index in [1.165, 1.54) is 0 Å².